The Kier molecular flexibility index (Phi) is 2.12. The minimum Gasteiger partial charge on any atom is -0.407 e. The fraction of sp³-hybridized carbons (Fsp3) is 0.800. The standard InChI is InChI=1S/C10H16N4O/c11-5-8-13-14-10(15-8)12-9(6-1-2-6)7-3-4-7/h6-7,9H,1-5,11H2,(H,12,14). The van der Waals surface area contributed by atoms with Gasteiger partial charge in [-0.15, -0.1) is 5.10 Å². The molecule has 5 nitrogen and oxygen atoms in total. The van der Waals surface area contributed by atoms with Gasteiger partial charge >= 0.3 is 6.01 Å². The van der Waals surface area contributed by atoms with Crippen LogP contribution >= 0.6 is 0 Å². The second-order valence-corrected chi connectivity index (χ2v) is 4.55. The molecule has 15 heavy (non-hydrogen) atoms. The Bertz CT molecular complexity index is 331. The summed E-state index contributed by atoms with van der Waals surface area (Å²) in [7, 11) is 0. The number of hydrogen-bond donors (Lipinski definition) is 2. The fourth-order valence-corrected chi connectivity index (χ4v) is 2.07. The molecule has 2 aliphatic rings. The largest absolute Gasteiger partial charge is 0.407 e. The maximum Gasteiger partial charge on any atom is 0.315 e. The van der Waals surface area contributed by atoms with Gasteiger partial charge in [0, 0.05) is 6.04 Å². The predicted molar refractivity (Wildman–Crippen MR) is 55.0 cm³/mol. The van der Waals surface area contributed by atoms with Crippen LogP contribution in [-0.4, -0.2) is 16.2 Å². The normalized spacial score (nSPS) is 20.9. The van der Waals surface area contributed by atoms with Crippen molar-refractivity contribution in [3.05, 3.63) is 5.89 Å². The van der Waals surface area contributed by atoms with Crippen LogP contribution in [0.5, 0.6) is 0 Å². The van der Waals surface area contributed by atoms with Crippen molar-refractivity contribution in [2.45, 2.75) is 38.3 Å². The summed E-state index contributed by atoms with van der Waals surface area (Å²) in [6, 6.07) is 1.09. The molecule has 0 atom stereocenters. The van der Waals surface area contributed by atoms with Crippen LogP contribution < -0.4 is 11.1 Å². The third-order valence-electron chi connectivity index (χ3n) is 3.19. The molecular formula is C10H16N4O. The molecule has 3 rings (SSSR count). The van der Waals surface area contributed by atoms with Crippen molar-refractivity contribution < 1.29 is 4.42 Å². The maximum absolute atomic E-state index is 5.41. The summed E-state index contributed by atoms with van der Waals surface area (Å²) in [4.78, 5) is 0. The van der Waals surface area contributed by atoms with E-state index in [1.54, 1.807) is 0 Å². The molecule has 2 aliphatic carbocycles. The van der Waals surface area contributed by atoms with E-state index in [1.807, 2.05) is 0 Å². The maximum atomic E-state index is 5.41. The molecule has 2 fully saturated rings. The van der Waals surface area contributed by atoms with Crippen molar-refractivity contribution in [3.8, 4) is 0 Å². The van der Waals surface area contributed by atoms with Crippen LogP contribution in [0, 0.1) is 11.8 Å². The van der Waals surface area contributed by atoms with Gasteiger partial charge in [-0.3, -0.25) is 0 Å². The van der Waals surface area contributed by atoms with Gasteiger partial charge in [0.2, 0.25) is 5.89 Å². The molecule has 5 heteroatoms. The van der Waals surface area contributed by atoms with E-state index >= 15 is 0 Å². The van der Waals surface area contributed by atoms with E-state index in [4.69, 9.17) is 10.2 Å². The summed E-state index contributed by atoms with van der Waals surface area (Å²) in [5.74, 6) is 2.15. The molecule has 0 bridgehead atoms. The number of nitrogens with zero attached hydrogens (tertiary/aromatic N) is 2. The van der Waals surface area contributed by atoms with Crippen LogP contribution in [0.25, 0.3) is 0 Å². The number of anilines is 1. The molecule has 1 aromatic heterocycles. The molecule has 3 N–H and O–H groups in total. The highest BCUT2D eigenvalue weighted by Crippen LogP contribution is 2.45. The zero-order valence-electron chi connectivity index (χ0n) is 8.65. The highest BCUT2D eigenvalue weighted by molar-refractivity contribution is 5.23. The summed E-state index contributed by atoms with van der Waals surface area (Å²) in [5, 5.41) is 11.1. The molecule has 0 amide bonds. The van der Waals surface area contributed by atoms with Crippen molar-refractivity contribution in [3.63, 3.8) is 0 Å². The Balaban J connectivity index is 1.66. The topological polar surface area (TPSA) is 77.0 Å². The van der Waals surface area contributed by atoms with Gasteiger partial charge in [-0.05, 0) is 37.5 Å². The van der Waals surface area contributed by atoms with Crippen molar-refractivity contribution >= 4 is 6.01 Å². The van der Waals surface area contributed by atoms with Gasteiger partial charge in [0.25, 0.3) is 0 Å². The zero-order valence-corrected chi connectivity index (χ0v) is 8.65. The van der Waals surface area contributed by atoms with E-state index in [1.165, 1.54) is 25.7 Å². The third-order valence-corrected chi connectivity index (χ3v) is 3.19. The number of rotatable bonds is 5. The quantitative estimate of drug-likeness (QED) is 0.758. The lowest BCUT2D eigenvalue weighted by molar-refractivity contribution is 0.482. The summed E-state index contributed by atoms with van der Waals surface area (Å²) >= 11 is 0. The Hall–Kier alpha value is -1.10. The Labute approximate surface area is 88.4 Å². The van der Waals surface area contributed by atoms with E-state index in [0.29, 0.717) is 24.5 Å². The third kappa shape index (κ3) is 1.97. The van der Waals surface area contributed by atoms with Crippen molar-refractivity contribution in [2.75, 3.05) is 5.32 Å². The van der Waals surface area contributed by atoms with E-state index in [0.717, 1.165) is 11.8 Å². The van der Waals surface area contributed by atoms with Crippen LogP contribution in [0.3, 0.4) is 0 Å². The molecular weight excluding hydrogens is 192 g/mol. The zero-order chi connectivity index (χ0) is 10.3. The summed E-state index contributed by atoms with van der Waals surface area (Å²) in [5.41, 5.74) is 5.41. The average Bonchev–Trinajstić information content (AvgIpc) is 3.14. The van der Waals surface area contributed by atoms with Crippen LogP contribution in [0.4, 0.5) is 6.01 Å². The van der Waals surface area contributed by atoms with Crippen LogP contribution in [0.2, 0.25) is 0 Å². The second-order valence-electron chi connectivity index (χ2n) is 4.55. The minimum atomic E-state index is 0.312. The average molecular weight is 208 g/mol. The van der Waals surface area contributed by atoms with E-state index in [9.17, 15) is 0 Å². The van der Waals surface area contributed by atoms with Crippen molar-refractivity contribution in [1.82, 2.24) is 10.2 Å². The van der Waals surface area contributed by atoms with Gasteiger partial charge < -0.3 is 15.5 Å². The Morgan fingerprint density at radius 2 is 1.93 bits per heavy atom. The molecule has 0 aromatic carbocycles. The first kappa shape index (κ1) is 9.15. The lowest BCUT2D eigenvalue weighted by Crippen LogP contribution is -2.24. The highest BCUT2D eigenvalue weighted by Gasteiger charge is 2.42. The molecule has 1 heterocycles. The van der Waals surface area contributed by atoms with Gasteiger partial charge in [0.15, 0.2) is 0 Å². The molecule has 0 saturated heterocycles. The summed E-state index contributed by atoms with van der Waals surface area (Å²) in [6.45, 7) is 0.312. The Morgan fingerprint density at radius 3 is 2.40 bits per heavy atom. The SMILES string of the molecule is NCc1nnc(NC(C2CC2)C2CC2)o1. The van der Waals surface area contributed by atoms with E-state index in [2.05, 4.69) is 15.5 Å². The Morgan fingerprint density at radius 1 is 1.27 bits per heavy atom. The molecule has 2 saturated carbocycles. The van der Waals surface area contributed by atoms with E-state index < -0.39 is 0 Å². The summed E-state index contributed by atoms with van der Waals surface area (Å²) < 4.78 is 5.36. The van der Waals surface area contributed by atoms with Crippen LogP contribution in [0.1, 0.15) is 31.6 Å². The van der Waals surface area contributed by atoms with Crippen LogP contribution in [0.15, 0.2) is 4.42 Å². The van der Waals surface area contributed by atoms with Gasteiger partial charge in [0.05, 0.1) is 6.54 Å². The second kappa shape index (κ2) is 3.48. The highest BCUT2D eigenvalue weighted by atomic mass is 16.4. The molecule has 0 aliphatic heterocycles. The molecule has 1 aromatic rings. The van der Waals surface area contributed by atoms with Gasteiger partial charge in [-0.2, -0.15) is 0 Å². The van der Waals surface area contributed by atoms with Crippen molar-refractivity contribution in [1.29, 1.82) is 0 Å². The molecule has 0 spiro atoms. The lowest BCUT2D eigenvalue weighted by Gasteiger charge is -2.15. The fourth-order valence-electron chi connectivity index (χ4n) is 2.07. The summed E-state index contributed by atoms with van der Waals surface area (Å²) in [6.07, 6.45) is 5.36. The first-order valence-electron chi connectivity index (χ1n) is 5.66. The van der Waals surface area contributed by atoms with Gasteiger partial charge in [-0.25, -0.2) is 0 Å². The van der Waals surface area contributed by atoms with Gasteiger partial charge in [-0.1, -0.05) is 5.10 Å². The van der Waals surface area contributed by atoms with Crippen LogP contribution in [-0.2, 0) is 6.54 Å². The number of hydrogen-bond acceptors (Lipinski definition) is 5. The monoisotopic (exact) mass is 208 g/mol. The predicted octanol–water partition coefficient (Wildman–Crippen LogP) is 1.13. The molecule has 82 valence electrons. The first-order chi connectivity index (χ1) is 7.36. The van der Waals surface area contributed by atoms with E-state index in [-0.39, 0.29) is 0 Å². The van der Waals surface area contributed by atoms with Crippen molar-refractivity contribution in [2.24, 2.45) is 17.6 Å². The lowest BCUT2D eigenvalue weighted by atomic mass is 10.1. The molecule has 0 radical (unpaired) electrons. The molecule has 0 unspecified atom stereocenters. The first-order valence-corrected chi connectivity index (χ1v) is 5.66. The smallest absolute Gasteiger partial charge is 0.315 e. The number of aromatic nitrogens is 2. The number of nitrogens with two attached hydrogens (primary N) is 1. The van der Waals surface area contributed by atoms with Gasteiger partial charge in [0.1, 0.15) is 0 Å². The minimum absolute atomic E-state index is 0.312. The number of nitrogens with one attached hydrogen (secondary N) is 1.